The second-order valence-corrected chi connectivity index (χ2v) is 2.73. The van der Waals surface area contributed by atoms with E-state index in [1.165, 1.54) is 0 Å². The lowest BCUT2D eigenvalue weighted by atomic mass is 9.95. The van der Waals surface area contributed by atoms with Gasteiger partial charge in [-0.15, -0.1) is 0 Å². The van der Waals surface area contributed by atoms with Gasteiger partial charge in [-0.2, -0.15) is 0 Å². The highest BCUT2D eigenvalue weighted by Gasteiger charge is 2.14. The molecule has 0 spiro atoms. The zero-order valence-corrected chi connectivity index (χ0v) is 6.93. The first-order valence-corrected chi connectivity index (χ1v) is 4.18. The Balaban J connectivity index is 2.47. The van der Waals surface area contributed by atoms with E-state index in [-0.39, 0.29) is 5.78 Å². The maximum atomic E-state index is 11.2. The Morgan fingerprint density at radius 3 is 2.82 bits per heavy atom. The molecule has 1 rings (SSSR count). The van der Waals surface area contributed by atoms with Crippen molar-refractivity contribution in [3.05, 3.63) is 11.8 Å². The van der Waals surface area contributed by atoms with Gasteiger partial charge in [-0.3, -0.25) is 4.79 Å². The van der Waals surface area contributed by atoms with Crippen LogP contribution in [0.1, 0.15) is 32.6 Å². The minimum Gasteiger partial charge on any atom is -0.501 e. The summed E-state index contributed by atoms with van der Waals surface area (Å²) in [7, 11) is 0. The van der Waals surface area contributed by atoms with E-state index in [4.69, 9.17) is 4.74 Å². The summed E-state index contributed by atoms with van der Waals surface area (Å²) in [6, 6.07) is 0. The van der Waals surface area contributed by atoms with Crippen LogP contribution in [0.5, 0.6) is 0 Å². The molecule has 0 atom stereocenters. The van der Waals surface area contributed by atoms with Crippen molar-refractivity contribution in [2.45, 2.75) is 32.6 Å². The number of hydrogen-bond donors (Lipinski definition) is 0. The summed E-state index contributed by atoms with van der Waals surface area (Å²) in [5, 5.41) is 0. The molecule has 1 saturated carbocycles. The predicted molar refractivity (Wildman–Crippen MR) is 43.2 cm³/mol. The smallest absolute Gasteiger partial charge is 0.161 e. The topological polar surface area (TPSA) is 26.3 Å². The molecular weight excluding hydrogens is 140 g/mol. The molecule has 2 nitrogen and oxygen atoms in total. The van der Waals surface area contributed by atoms with Crippen LogP contribution in [0.15, 0.2) is 11.8 Å². The van der Waals surface area contributed by atoms with Gasteiger partial charge in [-0.05, 0) is 26.2 Å². The fourth-order valence-corrected chi connectivity index (χ4v) is 1.21. The van der Waals surface area contributed by atoms with Crippen molar-refractivity contribution in [2.75, 3.05) is 6.61 Å². The largest absolute Gasteiger partial charge is 0.501 e. The lowest BCUT2D eigenvalue weighted by Crippen LogP contribution is -2.08. The van der Waals surface area contributed by atoms with Crippen LogP contribution in [0.4, 0.5) is 0 Å². The standard InChI is InChI=1S/C9H14O2/c1-2-11-7-8-5-3-4-6-9(8)10/h7H,2-6H2,1H3/b8-7+. The summed E-state index contributed by atoms with van der Waals surface area (Å²) in [6.07, 6.45) is 5.41. The van der Waals surface area contributed by atoms with Crippen molar-refractivity contribution in [3.63, 3.8) is 0 Å². The predicted octanol–water partition coefficient (Wildman–Crippen LogP) is 2.05. The molecule has 0 bridgehead atoms. The quantitative estimate of drug-likeness (QED) is 0.449. The van der Waals surface area contributed by atoms with E-state index < -0.39 is 0 Å². The van der Waals surface area contributed by atoms with E-state index >= 15 is 0 Å². The minimum atomic E-state index is 0.268. The van der Waals surface area contributed by atoms with Gasteiger partial charge in [0.25, 0.3) is 0 Å². The number of hydrogen-bond acceptors (Lipinski definition) is 2. The van der Waals surface area contributed by atoms with E-state index in [2.05, 4.69) is 0 Å². The molecule has 0 saturated heterocycles. The van der Waals surface area contributed by atoms with Crippen LogP contribution in [0.3, 0.4) is 0 Å². The second kappa shape index (κ2) is 4.16. The van der Waals surface area contributed by atoms with Crippen LogP contribution in [-0.2, 0) is 9.53 Å². The molecule has 1 aliphatic carbocycles. The van der Waals surface area contributed by atoms with Gasteiger partial charge in [0.2, 0.25) is 0 Å². The van der Waals surface area contributed by atoms with E-state index in [1.807, 2.05) is 6.92 Å². The molecule has 0 aromatic carbocycles. The minimum absolute atomic E-state index is 0.268. The third-order valence-electron chi connectivity index (χ3n) is 1.85. The highest BCUT2D eigenvalue weighted by Crippen LogP contribution is 2.19. The van der Waals surface area contributed by atoms with E-state index in [9.17, 15) is 4.79 Å². The van der Waals surface area contributed by atoms with Gasteiger partial charge in [0.05, 0.1) is 12.9 Å². The van der Waals surface area contributed by atoms with Gasteiger partial charge < -0.3 is 4.74 Å². The molecule has 0 amide bonds. The van der Waals surface area contributed by atoms with Crippen molar-refractivity contribution < 1.29 is 9.53 Å². The number of ether oxygens (including phenoxy) is 1. The van der Waals surface area contributed by atoms with E-state index in [0.717, 1.165) is 24.8 Å². The summed E-state index contributed by atoms with van der Waals surface area (Å²) < 4.78 is 5.06. The number of rotatable bonds is 2. The molecule has 0 aromatic rings. The summed E-state index contributed by atoms with van der Waals surface area (Å²) in [6.45, 7) is 2.57. The molecule has 62 valence electrons. The monoisotopic (exact) mass is 154 g/mol. The van der Waals surface area contributed by atoms with Crippen molar-refractivity contribution in [1.82, 2.24) is 0 Å². The average molecular weight is 154 g/mol. The SMILES string of the molecule is CCO/C=C1\CCCCC1=O. The fourth-order valence-electron chi connectivity index (χ4n) is 1.21. The molecule has 0 heterocycles. The van der Waals surface area contributed by atoms with Crippen molar-refractivity contribution in [1.29, 1.82) is 0 Å². The van der Waals surface area contributed by atoms with Gasteiger partial charge >= 0.3 is 0 Å². The number of carbonyl (C=O) groups is 1. The molecule has 0 aliphatic heterocycles. The molecule has 0 unspecified atom stereocenters. The van der Waals surface area contributed by atoms with Crippen LogP contribution in [0.2, 0.25) is 0 Å². The number of Topliss-reactive ketones (excluding diaryl/α,β-unsaturated/α-hetero) is 1. The highest BCUT2D eigenvalue weighted by atomic mass is 16.5. The Morgan fingerprint density at radius 1 is 1.45 bits per heavy atom. The lowest BCUT2D eigenvalue weighted by Gasteiger charge is -2.11. The van der Waals surface area contributed by atoms with Crippen LogP contribution in [0, 0.1) is 0 Å². The third kappa shape index (κ3) is 2.37. The van der Waals surface area contributed by atoms with Crippen LogP contribution < -0.4 is 0 Å². The number of allylic oxidation sites excluding steroid dienone is 1. The summed E-state index contributed by atoms with van der Waals surface area (Å²) >= 11 is 0. The molecule has 0 aromatic heterocycles. The van der Waals surface area contributed by atoms with Crippen LogP contribution >= 0.6 is 0 Å². The first-order valence-electron chi connectivity index (χ1n) is 4.18. The fraction of sp³-hybridized carbons (Fsp3) is 0.667. The Kier molecular flexibility index (Phi) is 3.14. The van der Waals surface area contributed by atoms with Crippen molar-refractivity contribution in [3.8, 4) is 0 Å². The van der Waals surface area contributed by atoms with Gasteiger partial charge in [0.1, 0.15) is 0 Å². The van der Waals surface area contributed by atoms with Crippen molar-refractivity contribution in [2.24, 2.45) is 0 Å². The molecule has 0 N–H and O–H groups in total. The number of carbonyl (C=O) groups excluding carboxylic acids is 1. The molecule has 1 fully saturated rings. The van der Waals surface area contributed by atoms with Gasteiger partial charge in [0.15, 0.2) is 5.78 Å². The zero-order chi connectivity index (χ0) is 8.10. The highest BCUT2D eigenvalue weighted by molar-refractivity contribution is 5.95. The first kappa shape index (κ1) is 8.31. The summed E-state index contributed by atoms with van der Waals surface area (Å²) in [4.78, 5) is 11.2. The van der Waals surface area contributed by atoms with Crippen LogP contribution in [-0.4, -0.2) is 12.4 Å². The van der Waals surface area contributed by atoms with Gasteiger partial charge in [0, 0.05) is 12.0 Å². The summed E-state index contributed by atoms with van der Waals surface area (Å²) in [5.74, 6) is 0.268. The Morgan fingerprint density at radius 2 is 2.18 bits per heavy atom. The Bertz CT molecular complexity index is 170. The zero-order valence-electron chi connectivity index (χ0n) is 6.93. The molecule has 11 heavy (non-hydrogen) atoms. The van der Waals surface area contributed by atoms with Crippen LogP contribution in [0.25, 0.3) is 0 Å². The average Bonchev–Trinajstić information content (AvgIpc) is 2.03. The second-order valence-electron chi connectivity index (χ2n) is 2.73. The molecule has 0 radical (unpaired) electrons. The Labute approximate surface area is 67.2 Å². The number of ketones is 1. The van der Waals surface area contributed by atoms with Gasteiger partial charge in [-0.25, -0.2) is 0 Å². The maximum absolute atomic E-state index is 11.2. The van der Waals surface area contributed by atoms with Gasteiger partial charge in [-0.1, -0.05) is 0 Å². The molecular formula is C9H14O2. The molecule has 1 aliphatic rings. The molecule has 2 heteroatoms. The lowest BCUT2D eigenvalue weighted by molar-refractivity contribution is -0.116. The maximum Gasteiger partial charge on any atom is 0.161 e. The normalized spacial score (nSPS) is 22.3. The first-order chi connectivity index (χ1) is 5.34. The van der Waals surface area contributed by atoms with E-state index in [1.54, 1.807) is 6.26 Å². The summed E-state index contributed by atoms with van der Waals surface area (Å²) in [5.41, 5.74) is 0.873. The van der Waals surface area contributed by atoms with Crippen molar-refractivity contribution >= 4 is 5.78 Å². The Hall–Kier alpha value is -0.790. The third-order valence-corrected chi connectivity index (χ3v) is 1.85. The van der Waals surface area contributed by atoms with E-state index in [0.29, 0.717) is 13.0 Å².